The molecule has 0 bridgehead atoms. The normalized spacial score (nSPS) is 15.2. The first-order chi connectivity index (χ1) is 17.8. The third-order valence-corrected chi connectivity index (χ3v) is 6.25. The predicted octanol–water partition coefficient (Wildman–Crippen LogP) is 5.88. The van der Waals surface area contributed by atoms with Gasteiger partial charge in [0.15, 0.2) is 10.6 Å². The Bertz CT molecular complexity index is 1580. The monoisotopic (exact) mass is 535 g/mol. The molecule has 8 nitrogen and oxygen atoms in total. The number of hydrogen-bond donors (Lipinski definition) is 4. The first kappa shape index (κ1) is 24.4. The van der Waals surface area contributed by atoms with Crippen LogP contribution < -0.4 is 16.0 Å². The van der Waals surface area contributed by atoms with Crippen molar-refractivity contribution in [3.05, 3.63) is 100.0 Å². The number of aliphatic hydroxyl groups is 1. The predicted molar refractivity (Wildman–Crippen MR) is 144 cm³/mol. The van der Waals surface area contributed by atoms with Crippen molar-refractivity contribution in [2.75, 3.05) is 10.6 Å². The van der Waals surface area contributed by atoms with Gasteiger partial charge in [-0.15, -0.1) is 0 Å². The number of para-hydroxylation sites is 2. The summed E-state index contributed by atoms with van der Waals surface area (Å²) in [4.78, 5) is 22.5. The van der Waals surface area contributed by atoms with Gasteiger partial charge in [-0.3, -0.25) is 10.1 Å². The highest BCUT2D eigenvalue weighted by Crippen LogP contribution is 2.35. The van der Waals surface area contributed by atoms with Gasteiger partial charge < -0.3 is 20.2 Å². The van der Waals surface area contributed by atoms with Gasteiger partial charge in [-0.25, -0.2) is 9.38 Å². The Kier molecular flexibility index (Phi) is 6.60. The topological polar surface area (TPSA) is 112 Å². The quantitative estimate of drug-likeness (QED) is 0.236. The lowest BCUT2D eigenvalue weighted by Crippen LogP contribution is -2.37. The summed E-state index contributed by atoms with van der Waals surface area (Å²) in [6.07, 6.45) is 0. The van der Waals surface area contributed by atoms with Crippen molar-refractivity contribution in [2.24, 2.45) is 4.99 Å². The fraction of sp³-hybridized carbons (Fsp3) is 0.0769. The van der Waals surface area contributed by atoms with E-state index < -0.39 is 22.8 Å². The van der Waals surface area contributed by atoms with Crippen LogP contribution in [0.1, 0.15) is 24.1 Å². The van der Waals surface area contributed by atoms with E-state index in [2.05, 4.69) is 25.9 Å². The van der Waals surface area contributed by atoms with Crippen LogP contribution >= 0.6 is 23.8 Å². The number of aliphatic hydroxyl groups excluding tert-OH is 1. The molecule has 0 spiro atoms. The fourth-order valence-corrected chi connectivity index (χ4v) is 4.29. The van der Waals surface area contributed by atoms with Gasteiger partial charge in [-0.05, 0) is 55.5 Å². The van der Waals surface area contributed by atoms with E-state index in [1.807, 2.05) is 18.2 Å². The van der Waals surface area contributed by atoms with E-state index in [0.29, 0.717) is 27.4 Å². The van der Waals surface area contributed by atoms with Crippen molar-refractivity contribution in [2.45, 2.75) is 13.0 Å². The molecule has 37 heavy (non-hydrogen) atoms. The Labute approximate surface area is 220 Å². The molecule has 0 saturated heterocycles. The molecule has 0 aliphatic carbocycles. The standard InChI is InChI=1S/C26H19ClFN5O3S/c1-13-21(23(34)30-19-12-14(24(35)37)10-11-17(19)28)22(15-6-2-3-7-16(15)27)32-25(29-13)33-26-31-18-8-4-5-9-20(18)36-26/h2-12,22H,1H3,(H,30,34)(H,35,37)(H2,29,31,32,33). The number of carbonyl (C=O) groups excluding carboxylic acids is 1. The Morgan fingerprint density at radius 2 is 1.92 bits per heavy atom. The lowest BCUT2D eigenvalue weighted by atomic mass is 9.95. The number of anilines is 2. The number of halogens is 2. The molecule has 2 heterocycles. The van der Waals surface area contributed by atoms with Gasteiger partial charge in [0.25, 0.3) is 5.91 Å². The minimum atomic E-state index is -0.841. The zero-order valence-electron chi connectivity index (χ0n) is 19.3. The summed E-state index contributed by atoms with van der Waals surface area (Å²) in [6.45, 7) is 1.69. The molecule has 11 heteroatoms. The number of aliphatic imine (C=N–C) groups is 1. The van der Waals surface area contributed by atoms with E-state index in [9.17, 15) is 14.3 Å². The summed E-state index contributed by atoms with van der Waals surface area (Å²) in [5.74, 6) is -1.02. The Morgan fingerprint density at radius 1 is 1.16 bits per heavy atom. The fourth-order valence-electron chi connectivity index (χ4n) is 3.93. The summed E-state index contributed by atoms with van der Waals surface area (Å²) in [6, 6.07) is 17.4. The van der Waals surface area contributed by atoms with E-state index in [-0.39, 0.29) is 28.8 Å². The Hall–Kier alpha value is -4.28. The first-order valence-electron chi connectivity index (χ1n) is 11.1. The number of aromatic nitrogens is 1. The lowest BCUT2D eigenvalue weighted by molar-refractivity contribution is -0.113. The SMILES string of the molecule is CC1=C(C(=O)Nc2cc(C(O)=S)ccc2F)C(c2ccccc2Cl)N=C(Nc2nc3ccccc3o2)N1. The number of oxazole rings is 1. The molecule has 3 aromatic carbocycles. The van der Waals surface area contributed by atoms with Crippen molar-refractivity contribution in [3.8, 4) is 0 Å². The third kappa shape index (κ3) is 5.02. The van der Waals surface area contributed by atoms with Crippen LogP contribution in [0.5, 0.6) is 0 Å². The molecular formula is C26H19ClFN5O3S. The van der Waals surface area contributed by atoms with Crippen molar-refractivity contribution in [1.29, 1.82) is 0 Å². The van der Waals surface area contributed by atoms with Gasteiger partial charge >= 0.3 is 6.01 Å². The highest BCUT2D eigenvalue weighted by Gasteiger charge is 2.31. The van der Waals surface area contributed by atoms with Crippen molar-refractivity contribution in [1.82, 2.24) is 10.3 Å². The van der Waals surface area contributed by atoms with Gasteiger partial charge in [0.2, 0.25) is 5.96 Å². The third-order valence-electron chi connectivity index (χ3n) is 5.67. The van der Waals surface area contributed by atoms with Crippen molar-refractivity contribution >= 4 is 63.5 Å². The number of nitrogens with zero attached hydrogens (tertiary/aromatic N) is 2. The lowest BCUT2D eigenvalue weighted by Gasteiger charge is -2.27. The second-order valence-electron chi connectivity index (χ2n) is 8.13. The molecule has 1 amide bonds. The minimum absolute atomic E-state index is 0.142. The average molecular weight is 536 g/mol. The van der Waals surface area contributed by atoms with Gasteiger partial charge in [0.05, 0.1) is 11.3 Å². The largest absolute Gasteiger partial charge is 0.499 e. The number of fused-ring (bicyclic) bond motifs is 1. The molecule has 186 valence electrons. The Balaban J connectivity index is 1.50. The van der Waals surface area contributed by atoms with E-state index in [1.54, 1.807) is 37.3 Å². The number of rotatable bonds is 5. The van der Waals surface area contributed by atoms with Crippen LogP contribution in [0.2, 0.25) is 5.02 Å². The van der Waals surface area contributed by atoms with Crippen molar-refractivity contribution in [3.63, 3.8) is 0 Å². The van der Waals surface area contributed by atoms with Crippen LogP contribution in [0.4, 0.5) is 16.1 Å². The number of carbonyl (C=O) groups is 1. The van der Waals surface area contributed by atoms with Gasteiger partial charge in [-0.1, -0.05) is 41.9 Å². The Morgan fingerprint density at radius 3 is 2.68 bits per heavy atom. The van der Waals surface area contributed by atoms with Gasteiger partial charge in [-0.2, -0.15) is 4.98 Å². The smallest absolute Gasteiger partial charge is 0.302 e. The summed E-state index contributed by atoms with van der Waals surface area (Å²) < 4.78 is 20.2. The van der Waals surface area contributed by atoms with E-state index >= 15 is 0 Å². The molecule has 1 aromatic heterocycles. The second-order valence-corrected chi connectivity index (χ2v) is 8.92. The highest BCUT2D eigenvalue weighted by atomic mass is 35.5. The molecule has 4 aromatic rings. The number of allylic oxidation sites excluding steroid dienone is 1. The number of amides is 1. The summed E-state index contributed by atoms with van der Waals surface area (Å²) in [5, 5.41) is 18.2. The summed E-state index contributed by atoms with van der Waals surface area (Å²) in [5.41, 5.74) is 2.56. The van der Waals surface area contributed by atoms with Crippen LogP contribution in [0, 0.1) is 5.82 Å². The van der Waals surface area contributed by atoms with E-state index in [1.165, 1.54) is 12.1 Å². The molecule has 4 N–H and O–H groups in total. The number of thiocarbonyl (C=S) groups is 1. The molecule has 1 unspecified atom stereocenters. The molecule has 5 rings (SSSR count). The highest BCUT2D eigenvalue weighted by molar-refractivity contribution is 7.80. The molecule has 0 fully saturated rings. The number of guanidine groups is 1. The van der Waals surface area contributed by atoms with E-state index in [4.69, 9.17) is 28.2 Å². The van der Waals surface area contributed by atoms with Crippen LogP contribution in [0.15, 0.2) is 87.4 Å². The number of hydrogen-bond acceptors (Lipinski definition) is 7. The maximum Gasteiger partial charge on any atom is 0.302 e. The zero-order valence-corrected chi connectivity index (χ0v) is 20.8. The maximum absolute atomic E-state index is 14.5. The van der Waals surface area contributed by atoms with Gasteiger partial charge in [0, 0.05) is 21.8 Å². The summed E-state index contributed by atoms with van der Waals surface area (Å²) >= 11 is 11.2. The zero-order chi connectivity index (χ0) is 26.1. The molecular weight excluding hydrogens is 517 g/mol. The van der Waals surface area contributed by atoms with Gasteiger partial charge in [0.1, 0.15) is 17.4 Å². The van der Waals surface area contributed by atoms with Crippen LogP contribution in [-0.4, -0.2) is 27.0 Å². The number of benzene rings is 3. The minimum Gasteiger partial charge on any atom is -0.499 e. The second kappa shape index (κ2) is 10.00. The molecule has 1 atom stereocenters. The van der Waals surface area contributed by atoms with Crippen molar-refractivity contribution < 1.29 is 18.7 Å². The average Bonchev–Trinajstić information content (AvgIpc) is 3.27. The molecule has 0 saturated carbocycles. The summed E-state index contributed by atoms with van der Waals surface area (Å²) in [7, 11) is 0. The van der Waals surface area contributed by atoms with Crippen LogP contribution in [0.3, 0.4) is 0 Å². The van der Waals surface area contributed by atoms with E-state index in [0.717, 1.165) is 6.07 Å². The first-order valence-corrected chi connectivity index (χ1v) is 11.9. The molecule has 0 radical (unpaired) electrons. The maximum atomic E-state index is 14.5. The molecule has 1 aliphatic heterocycles. The number of nitrogens with one attached hydrogen (secondary N) is 3. The van der Waals surface area contributed by atoms with Crippen LogP contribution in [-0.2, 0) is 4.79 Å². The van der Waals surface area contributed by atoms with Crippen LogP contribution in [0.25, 0.3) is 11.1 Å². The molecule has 1 aliphatic rings.